The molecule has 0 spiro atoms. The third-order valence-electron chi connectivity index (χ3n) is 4.32. The maximum absolute atomic E-state index is 13.1. The van der Waals surface area contributed by atoms with E-state index in [1.54, 1.807) is 32.2 Å². The SMILES string of the molecule is COc1ccc(C=CC(=O)NCCC(=O)Nc2nc(C)c(-c3nccn3C(F)F)s2)cc1. The van der Waals surface area contributed by atoms with E-state index in [1.165, 1.54) is 18.5 Å². The monoisotopic (exact) mass is 461 g/mol. The fraction of sp³-hybridized carbons (Fsp3) is 0.238. The van der Waals surface area contributed by atoms with Gasteiger partial charge < -0.3 is 15.4 Å². The van der Waals surface area contributed by atoms with Crippen LogP contribution in [0.3, 0.4) is 0 Å². The Kier molecular flexibility index (Phi) is 7.66. The Morgan fingerprint density at radius 3 is 2.72 bits per heavy atom. The van der Waals surface area contributed by atoms with Gasteiger partial charge in [0, 0.05) is 31.4 Å². The van der Waals surface area contributed by atoms with E-state index in [9.17, 15) is 18.4 Å². The van der Waals surface area contributed by atoms with E-state index < -0.39 is 6.55 Å². The second kappa shape index (κ2) is 10.6. The Labute approximate surface area is 187 Å². The molecular formula is C21H21F2N5O3S. The average molecular weight is 461 g/mol. The zero-order valence-electron chi connectivity index (χ0n) is 17.3. The number of carbonyl (C=O) groups is 2. The van der Waals surface area contributed by atoms with Crippen LogP contribution in [0.4, 0.5) is 13.9 Å². The number of methoxy groups -OCH3 is 1. The number of carbonyl (C=O) groups excluding carboxylic acids is 2. The summed E-state index contributed by atoms with van der Waals surface area (Å²) in [7, 11) is 1.58. The first-order chi connectivity index (χ1) is 15.4. The lowest BCUT2D eigenvalue weighted by Crippen LogP contribution is -2.26. The number of amides is 2. The van der Waals surface area contributed by atoms with Crippen LogP contribution in [0, 0.1) is 6.92 Å². The molecule has 2 amide bonds. The van der Waals surface area contributed by atoms with E-state index >= 15 is 0 Å². The number of nitrogens with zero attached hydrogens (tertiary/aromatic N) is 3. The minimum absolute atomic E-state index is 0.0295. The number of ether oxygens (including phenoxy) is 1. The first-order valence-corrected chi connectivity index (χ1v) is 10.4. The fourth-order valence-corrected chi connectivity index (χ4v) is 3.71. The van der Waals surface area contributed by atoms with Crippen molar-refractivity contribution in [2.75, 3.05) is 19.0 Å². The number of hydrogen-bond donors (Lipinski definition) is 2. The summed E-state index contributed by atoms with van der Waals surface area (Å²) in [6, 6.07) is 7.20. The quantitative estimate of drug-likeness (QED) is 0.472. The summed E-state index contributed by atoms with van der Waals surface area (Å²) in [5, 5.41) is 5.52. The van der Waals surface area contributed by atoms with Crippen LogP contribution in [0.1, 0.15) is 24.2 Å². The summed E-state index contributed by atoms with van der Waals surface area (Å²) in [5.41, 5.74) is 1.32. The molecule has 0 aliphatic heterocycles. The molecule has 2 aromatic heterocycles. The Balaban J connectivity index is 1.48. The Bertz CT molecular complexity index is 1110. The van der Waals surface area contributed by atoms with Crippen LogP contribution in [0.2, 0.25) is 0 Å². The standard InChI is InChI=1S/C21H21F2N5O3S/c1-13-18(19-25-11-12-28(19)20(22)23)32-21(26-13)27-17(30)9-10-24-16(29)8-5-14-3-6-15(31-2)7-4-14/h3-8,11-12,20H,9-10H2,1-2H3,(H,24,29)(H,26,27,30). The normalized spacial score (nSPS) is 11.2. The van der Waals surface area contributed by atoms with Gasteiger partial charge in [0.15, 0.2) is 11.0 Å². The van der Waals surface area contributed by atoms with Gasteiger partial charge in [-0.3, -0.25) is 14.2 Å². The molecule has 32 heavy (non-hydrogen) atoms. The molecule has 2 heterocycles. The number of imidazole rings is 1. The zero-order chi connectivity index (χ0) is 23.1. The summed E-state index contributed by atoms with van der Waals surface area (Å²) < 4.78 is 32.0. The summed E-state index contributed by atoms with van der Waals surface area (Å²) in [5.74, 6) is 0.118. The number of aromatic nitrogens is 3. The molecular weight excluding hydrogens is 440 g/mol. The maximum atomic E-state index is 13.1. The summed E-state index contributed by atoms with van der Waals surface area (Å²) in [6.07, 6.45) is 5.52. The molecule has 0 atom stereocenters. The van der Waals surface area contributed by atoms with E-state index in [0.717, 1.165) is 27.2 Å². The molecule has 2 N–H and O–H groups in total. The molecule has 0 aliphatic carbocycles. The van der Waals surface area contributed by atoms with Crippen LogP contribution in [0.5, 0.6) is 5.75 Å². The molecule has 0 bridgehead atoms. The third-order valence-corrected chi connectivity index (χ3v) is 5.39. The lowest BCUT2D eigenvalue weighted by molar-refractivity contribution is -0.117. The number of rotatable bonds is 9. The largest absolute Gasteiger partial charge is 0.497 e. The highest BCUT2D eigenvalue weighted by Gasteiger charge is 2.19. The number of aryl methyl sites for hydroxylation is 1. The first-order valence-electron chi connectivity index (χ1n) is 9.56. The van der Waals surface area contributed by atoms with Gasteiger partial charge in [0.1, 0.15) is 5.75 Å². The van der Waals surface area contributed by atoms with Gasteiger partial charge in [-0.25, -0.2) is 9.97 Å². The molecule has 0 fully saturated rings. The minimum atomic E-state index is -2.73. The van der Waals surface area contributed by atoms with Crippen molar-refractivity contribution < 1.29 is 23.1 Å². The van der Waals surface area contributed by atoms with Crippen molar-refractivity contribution in [3.63, 3.8) is 0 Å². The van der Waals surface area contributed by atoms with Crippen molar-refractivity contribution in [1.29, 1.82) is 0 Å². The van der Waals surface area contributed by atoms with E-state index in [2.05, 4.69) is 20.6 Å². The zero-order valence-corrected chi connectivity index (χ0v) is 18.2. The van der Waals surface area contributed by atoms with Gasteiger partial charge >= 0.3 is 6.55 Å². The number of thiazole rings is 1. The van der Waals surface area contributed by atoms with Crippen molar-refractivity contribution in [2.45, 2.75) is 19.9 Å². The fourth-order valence-electron chi connectivity index (χ4n) is 2.73. The van der Waals surface area contributed by atoms with E-state index in [0.29, 0.717) is 10.6 Å². The van der Waals surface area contributed by atoms with Crippen molar-refractivity contribution in [1.82, 2.24) is 19.9 Å². The highest BCUT2D eigenvalue weighted by molar-refractivity contribution is 7.19. The summed E-state index contributed by atoms with van der Waals surface area (Å²) in [6.45, 7) is -0.944. The van der Waals surface area contributed by atoms with Crippen LogP contribution in [-0.4, -0.2) is 40.0 Å². The Morgan fingerprint density at radius 1 is 1.28 bits per heavy atom. The lowest BCUT2D eigenvalue weighted by atomic mass is 10.2. The van der Waals surface area contributed by atoms with Crippen LogP contribution in [0.25, 0.3) is 16.8 Å². The highest BCUT2D eigenvalue weighted by Crippen LogP contribution is 2.33. The molecule has 0 saturated carbocycles. The van der Waals surface area contributed by atoms with Gasteiger partial charge in [0.25, 0.3) is 0 Å². The Hall–Kier alpha value is -3.60. The number of hydrogen-bond acceptors (Lipinski definition) is 6. The highest BCUT2D eigenvalue weighted by atomic mass is 32.1. The van der Waals surface area contributed by atoms with Gasteiger partial charge in [-0.2, -0.15) is 8.78 Å². The van der Waals surface area contributed by atoms with E-state index in [-0.39, 0.29) is 35.7 Å². The maximum Gasteiger partial charge on any atom is 0.320 e. The van der Waals surface area contributed by atoms with Gasteiger partial charge in [-0.05, 0) is 30.7 Å². The van der Waals surface area contributed by atoms with Crippen LogP contribution in [0.15, 0.2) is 42.7 Å². The van der Waals surface area contributed by atoms with Crippen LogP contribution in [-0.2, 0) is 9.59 Å². The lowest BCUT2D eigenvalue weighted by Gasteiger charge is -2.04. The number of benzene rings is 1. The molecule has 1 aromatic carbocycles. The van der Waals surface area contributed by atoms with Crippen molar-refractivity contribution in [2.24, 2.45) is 0 Å². The summed E-state index contributed by atoms with van der Waals surface area (Å²) >= 11 is 1.06. The topological polar surface area (TPSA) is 98.1 Å². The van der Waals surface area contributed by atoms with Crippen LogP contribution < -0.4 is 15.4 Å². The van der Waals surface area contributed by atoms with Crippen molar-refractivity contribution in [3.8, 4) is 16.5 Å². The van der Waals surface area contributed by atoms with E-state index in [4.69, 9.17) is 4.74 Å². The number of halogens is 2. The van der Waals surface area contributed by atoms with Gasteiger partial charge in [0.05, 0.1) is 17.7 Å². The van der Waals surface area contributed by atoms with Crippen LogP contribution >= 0.6 is 11.3 Å². The van der Waals surface area contributed by atoms with E-state index in [1.807, 2.05) is 12.1 Å². The molecule has 168 valence electrons. The molecule has 0 aliphatic rings. The van der Waals surface area contributed by atoms with Gasteiger partial charge in [-0.1, -0.05) is 23.5 Å². The number of alkyl halides is 2. The van der Waals surface area contributed by atoms with Crippen molar-refractivity contribution >= 4 is 34.4 Å². The predicted octanol–water partition coefficient (Wildman–Crippen LogP) is 3.88. The predicted molar refractivity (Wildman–Crippen MR) is 118 cm³/mol. The third kappa shape index (κ3) is 5.97. The molecule has 0 saturated heterocycles. The smallest absolute Gasteiger partial charge is 0.320 e. The molecule has 0 radical (unpaired) electrons. The minimum Gasteiger partial charge on any atom is -0.497 e. The second-order valence-electron chi connectivity index (χ2n) is 6.57. The number of nitrogens with one attached hydrogen (secondary N) is 2. The first kappa shape index (κ1) is 23.1. The average Bonchev–Trinajstić information content (AvgIpc) is 3.39. The molecule has 0 unspecified atom stereocenters. The van der Waals surface area contributed by atoms with Gasteiger partial charge in [0.2, 0.25) is 11.8 Å². The summed E-state index contributed by atoms with van der Waals surface area (Å²) in [4.78, 5) is 32.7. The molecule has 3 rings (SSSR count). The molecule has 3 aromatic rings. The number of anilines is 1. The molecule has 8 nitrogen and oxygen atoms in total. The van der Waals surface area contributed by atoms with Crippen molar-refractivity contribution in [3.05, 3.63) is 54.0 Å². The Morgan fingerprint density at radius 2 is 2.03 bits per heavy atom. The second-order valence-corrected chi connectivity index (χ2v) is 7.56. The molecule has 11 heteroatoms. The van der Waals surface area contributed by atoms with Gasteiger partial charge in [-0.15, -0.1) is 0 Å².